The van der Waals surface area contributed by atoms with Gasteiger partial charge in [-0.15, -0.1) is 0 Å². The van der Waals surface area contributed by atoms with E-state index in [2.05, 4.69) is 5.16 Å². The van der Waals surface area contributed by atoms with Crippen LogP contribution in [0.2, 0.25) is 0 Å². The molecule has 0 radical (unpaired) electrons. The highest BCUT2D eigenvalue weighted by atomic mass is 19.1. The first kappa shape index (κ1) is 13.0. The number of rotatable bonds is 4. The van der Waals surface area contributed by atoms with E-state index in [1.165, 1.54) is 6.07 Å². The van der Waals surface area contributed by atoms with E-state index in [9.17, 15) is 14.5 Å². The fourth-order valence-electron chi connectivity index (χ4n) is 1.87. The summed E-state index contributed by atoms with van der Waals surface area (Å²) < 4.78 is 18.2. The largest absolute Gasteiger partial charge is 0.381 e. The van der Waals surface area contributed by atoms with Gasteiger partial charge in [-0.3, -0.25) is 10.1 Å². The molecule has 2 rings (SSSR count). The quantitative estimate of drug-likeness (QED) is 0.677. The fourth-order valence-corrected chi connectivity index (χ4v) is 1.87. The Kier molecular flexibility index (Phi) is 3.46. The summed E-state index contributed by atoms with van der Waals surface area (Å²) in [5, 5.41) is 14.6. The van der Waals surface area contributed by atoms with Gasteiger partial charge in [0, 0.05) is 5.56 Å². The van der Waals surface area contributed by atoms with Crippen molar-refractivity contribution >= 4 is 11.5 Å². The molecule has 0 aliphatic carbocycles. The van der Waals surface area contributed by atoms with Crippen LogP contribution in [0.5, 0.6) is 0 Å². The third-order valence-electron chi connectivity index (χ3n) is 2.72. The summed E-state index contributed by atoms with van der Waals surface area (Å²) in [5.41, 5.74) is 6.09. The van der Waals surface area contributed by atoms with Gasteiger partial charge in [-0.05, 0) is 18.6 Å². The Morgan fingerprint density at radius 1 is 1.53 bits per heavy atom. The Labute approximate surface area is 108 Å². The minimum atomic E-state index is -0.681. The molecule has 0 amide bonds. The van der Waals surface area contributed by atoms with Crippen LogP contribution in [0.3, 0.4) is 0 Å². The summed E-state index contributed by atoms with van der Waals surface area (Å²) >= 11 is 0. The number of hydrogen-bond donors (Lipinski definition) is 1. The van der Waals surface area contributed by atoms with E-state index in [4.69, 9.17) is 10.3 Å². The van der Waals surface area contributed by atoms with E-state index in [1.807, 2.05) is 6.92 Å². The average molecular weight is 265 g/mol. The molecule has 2 N–H and O–H groups in total. The van der Waals surface area contributed by atoms with Crippen LogP contribution in [-0.4, -0.2) is 10.1 Å². The minimum Gasteiger partial charge on any atom is -0.381 e. The lowest BCUT2D eigenvalue weighted by Gasteiger charge is -2.02. The van der Waals surface area contributed by atoms with Crippen molar-refractivity contribution in [2.24, 2.45) is 0 Å². The molecule has 0 bridgehead atoms. The maximum Gasteiger partial charge on any atom is 0.283 e. The Hall–Kier alpha value is -2.44. The molecule has 19 heavy (non-hydrogen) atoms. The van der Waals surface area contributed by atoms with Gasteiger partial charge in [0.2, 0.25) is 0 Å². The molecule has 0 spiro atoms. The maximum atomic E-state index is 13.1. The van der Waals surface area contributed by atoms with Crippen LogP contribution in [0, 0.1) is 15.9 Å². The van der Waals surface area contributed by atoms with E-state index in [1.54, 1.807) is 0 Å². The predicted molar refractivity (Wildman–Crippen MR) is 67.0 cm³/mol. The van der Waals surface area contributed by atoms with Crippen LogP contribution in [0.4, 0.5) is 15.9 Å². The molecule has 7 heteroatoms. The number of nitrogens with zero attached hydrogens (tertiary/aromatic N) is 2. The molecular formula is C12H12FN3O3. The molecule has 6 nitrogen and oxygen atoms in total. The summed E-state index contributed by atoms with van der Waals surface area (Å²) in [4.78, 5) is 10.3. The second-order valence-corrected chi connectivity index (χ2v) is 4.04. The summed E-state index contributed by atoms with van der Waals surface area (Å²) in [6.45, 7) is 1.94. The van der Waals surface area contributed by atoms with E-state index in [-0.39, 0.29) is 22.8 Å². The third kappa shape index (κ3) is 2.40. The number of nitro groups is 1. The molecule has 0 aliphatic rings. The fraction of sp³-hybridized carbons (Fsp3) is 0.250. The van der Waals surface area contributed by atoms with Gasteiger partial charge in [0.15, 0.2) is 11.6 Å². The first-order valence-corrected chi connectivity index (χ1v) is 5.73. The summed E-state index contributed by atoms with van der Waals surface area (Å²) in [6.07, 6.45) is 1.37. The van der Waals surface area contributed by atoms with Crippen LogP contribution in [0.1, 0.15) is 18.9 Å². The smallest absolute Gasteiger partial charge is 0.283 e. The van der Waals surface area contributed by atoms with Crippen LogP contribution < -0.4 is 5.73 Å². The predicted octanol–water partition coefficient (Wildman–Crippen LogP) is 2.92. The summed E-state index contributed by atoms with van der Waals surface area (Å²) in [6, 6.07) is 3.28. The molecule has 0 unspecified atom stereocenters. The zero-order chi connectivity index (χ0) is 14.0. The first-order chi connectivity index (χ1) is 9.04. The van der Waals surface area contributed by atoms with Gasteiger partial charge in [-0.1, -0.05) is 18.5 Å². The van der Waals surface area contributed by atoms with Crippen LogP contribution in [0.15, 0.2) is 22.7 Å². The number of nitrogens with two attached hydrogens (primary N) is 1. The number of aromatic nitrogens is 1. The number of halogens is 1. The van der Waals surface area contributed by atoms with Crippen molar-refractivity contribution in [3.63, 3.8) is 0 Å². The lowest BCUT2D eigenvalue weighted by atomic mass is 10.0. The topological polar surface area (TPSA) is 95.2 Å². The number of benzene rings is 1. The molecule has 1 aromatic carbocycles. The van der Waals surface area contributed by atoms with Crippen molar-refractivity contribution in [1.82, 2.24) is 5.16 Å². The van der Waals surface area contributed by atoms with Crippen molar-refractivity contribution < 1.29 is 13.8 Å². The van der Waals surface area contributed by atoms with Gasteiger partial charge in [-0.2, -0.15) is 0 Å². The lowest BCUT2D eigenvalue weighted by molar-refractivity contribution is -0.384. The highest BCUT2D eigenvalue weighted by molar-refractivity contribution is 5.74. The van der Waals surface area contributed by atoms with Gasteiger partial charge in [0.25, 0.3) is 5.69 Å². The van der Waals surface area contributed by atoms with Gasteiger partial charge < -0.3 is 10.3 Å². The Morgan fingerprint density at radius 2 is 2.26 bits per heavy atom. The molecule has 0 saturated carbocycles. The van der Waals surface area contributed by atoms with Gasteiger partial charge >= 0.3 is 0 Å². The third-order valence-corrected chi connectivity index (χ3v) is 2.72. The van der Waals surface area contributed by atoms with Crippen molar-refractivity contribution in [3.05, 3.63) is 39.7 Å². The SMILES string of the molecule is CCCc1c(N)noc1-c1ccc(F)cc1[N+](=O)[O-]. The van der Waals surface area contributed by atoms with E-state index in [0.29, 0.717) is 12.0 Å². The molecule has 0 atom stereocenters. The van der Waals surface area contributed by atoms with Crippen LogP contribution in [0.25, 0.3) is 11.3 Å². The molecule has 100 valence electrons. The number of nitro benzene ring substituents is 1. The molecule has 1 aromatic heterocycles. The van der Waals surface area contributed by atoms with Gasteiger partial charge in [0.05, 0.1) is 16.6 Å². The van der Waals surface area contributed by atoms with Crippen molar-refractivity contribution in [2.75, 3.05) is 5.73 Å². The lowest BCUT2D eigenvalue weighted by Crippen LogP contribution is -1.96. The van der Waals surface area contributed by atoms with E-state index in [0.717, 1.165) is 18.6 Å². The van der Waals surface area contributed by atoms with Crippen molar-refractivity contribution in [2.45, 2.75) is 19.8 Å². The molecule has 0 aliphatic heterocycles. The maximum absolute atomic E-state index is 13.1. The molecule has 2 aromatic rings. The summed E-state index contributed by atoms with van der Waals surface area (Å²) in [7, 11) is 0. The second-order valence-electron chi connectivity index (χ2n) is 4.04. The molecular weight excluding hydrogens is 253 g/mol. The van der Waals surface area contributed by atoms with Gasteiger partial charge in [0.1, 0.15) is 5.82 Å². The van der Waals surface area contributed by atoms with Crippen molar-refractivity contribution in [1.29, 1.82) is 0 Å². The first-order valence-electron chi connectivity index (χ1n) is 5.73. The number of hydrogen-bond acceptors (Lipinski definition) is 5. The van der Waals surface area contributed by atoms with Crippen LogP contribution in [-0.2, 0) is 6.42 Å². The van der Waals surface area contributed by atoms with Crippen LogP contribution >= 0.6 is 0 Å². The second kappa shape index (κ2) is 5.05. The van der Waals surface area contributed by atoms with Crippen molar-refractivity contribution in [3.8, 4) is 11.3 Å². The zero-order valence-electron chi connectivity index (χ0n) is 10.2. The summed E-state index contributed by atoms with van der Waals surface area (Å²) in [5.74, 6) is -0.249. The van der Waals surface area contributed by atoms with Gasteiger partial charge in [-0.25, -0.2) is 4.39 Å². The Bertz CT molecular complexity index is 625. The normalized spacial score (nSPS) is 10.6. The monoisotopic (exact) mass is 265 g/mol. The highest BCUT2D eigenvalue weighted by Gasteiger charge is 2.23. The standard InChI is InChI=1S/C12H12FN3O3/c1-2-3-9-11(19-15-12(9)14)8-5-4-7(13)6-10(8)16(17)18/h4-6H,2-3H2,1H3,(H2,14,15). The molecule has 0 fully saturated rings. The number of anilines is 1. The Balaban J connectivity index is 2.62. The van der Waals surface area contributed by atoms with E-state index >= 15 is 0 Å². The Morgan fingerprint density at radius 3 is 2.89 bits per heavy atom. The number of nitrogen functional groups attached to an aromatic ring is 1. The zero-order valence-corrected chi connectivity index (χ0v) is 10.2. The average Bonchev–Trinajstić information content (AvgIpc) is 2.72. The molecule has 1 heterocycles. The van der Waals surface area contributed by atoms with E-state index < -0.39 is 10.7 Å². The minimum absolute atomic E-state index is 0.180. The molecule has 0 saturated heterocycles. The highest BCUT2D eigenvalue weighted by Crippen LogP contribution is 2.35.